The fourth-order valence-electron chi connectivity index (χ4n) is 2.39. The summed E-state index contributed by atoms with van der Waals surface area (Å²) in [4.78, 5) is 17.4. The van der Waals surface area contributed by atoms with Crippen molar-refractivity contribution in [1.82, 2.24) is 14.6 Å². The van der Waals surface area contributed by atoms with Crippen molar-refractivity contribution in [3.05, 3.63) is 46.7 Å². The minimum atomic E-state index is -0.343. The zero-order valence-electron chi connectivity index (χ0n) is 12.0. The minimum Gasteiger partial charge on any atom is -0.451 e. The van der Waals surface area contributed by atoms with Gasteiger partial charge in [0, 0.05) is 16.3 Å². The molecular formula is C15H12N4O2S. The summed E-state index contributed by atoms with van der Waals surface area (Å²) in [6.45, 7) is 3.80. The molecule has 0 atom stereocenters. The van der Waals surface area contributed by atoms with Gasteiger partial charge in [-0.05, 0) is 19.9 Å². The zero-order chi connectivity index (χ0) is 15.3. The average molecular weight is 312 g/mol. The van der Waals surface area contributed by atoms with Crippen LogP contribution in [0.4, 0.5) is 5.95 Å². The number of hydrogen-bond donors (Lipinski definition) is 1. The molecule has 0 saturated heterocycles. The number of carbonyl (C=O) groups is 1. The topological polar surface area (TPSA) is 72.4 Å². The zero-order valence-corrected chi connectivity index (χ0v) is 12.8. The Kier molecular flexibility index (Phi) is 2.77. The summed E-state index contributed by atoms with van der Waals surface area (Å²) in [5, 5.41) is 9.85. The lowest BCUT2D eigenvalue weighted by molar-refractivity contribution is 0.0997. The van der Waals surface area contributed by atoms with Crippen LogP contribution in [0.3, 0.4) is 0 Å². The molecule has 3 aromatic heterocycles. The lowest BCUT2D eigenvalue weighted by atomic mass is 10.1. The summed E-state index contributed by atoms with van der Waals surface area (Å²) in [5.74, 6) is 0.223. The molecule has 22 heavy (non-hydrogen) atoms. The van der Waals surface area contributed by atoms with Crippen LogP contribution in [-0.2, 0) is 0 Å². The van der Waals surface area contributed by atoms with E-state index in [0.29, 0.717) is 5.58 Å². The molecule has 4 aromatic rings. The van der Waals surface area contributed by atoms with E-state index in [1.165, 1.54) is 11.3 Å². The third-order valence-corrected chi connectivity index (χ3v) is 4.46. The predicted octanol–water partition coefficient (Wildman–Crippen LogP) is 3.41. The lowest BCUT2D eigenvalue weighted by Gasteiger charge is -1.98. The summed E-state index contributed by atoms with van der Waals surface area (Å²) in [5.41, 5.74) is 2.48. The fourth-order valence-corrected chi connectivity index (χ4v) is 3.19. The van der Waals surface area contributed by atoms with E-state index in [4.69, 9.17) is 4.42 Å². The van der Waals surface area contributed by atoms with E-state index >= 15 is 0 Å². The summed E-state index contributed by atoms with van der Waals surface area (Å²) in [7, 11) is 0. The molecule has 1 amide bonds. The van der Waals surface area contributed by atoms with E-state index in [9.17, 15) is 4.79 Å². The smallest absolute Gasteiger partial charge is 0.294 e. The number of benzene rings is 1. The maximum Gasteiger partial charge on any atom is 0.294 e. The molecule has 0 spiro atoms. The van der Waals surface area contributed by atoms with Crippen molar-refractivity contribution in [1.29, 1.82) is 0 Å². The van der Waals surface area contributed by atoms with Crippen molar-refractivity contribution in [2.45, 2.75) is 13.8 Å². The molecule has 6 nitrogen and oxygen atoms in total. The molecule has 0 fully saturated rings. The van der Waals surface area contributed by atoms with Gasteiger partial charge in [-0.25, -0.2) is 4.52 Å². The standard InChI is InChI=1S/C15H12N4O2S/c1-8-7-22-15-17-14(18-19(8)15)16-13(20)12-9(2)10-5-3-4-6-11(10)21-12/h3-7H,1-2H3,(H,16,18,20). The van der Waals surface area contributed by atoms with Crippen LogP contribution in [0.1, 0.15) is 21.8 Å². The van der Waals surface area contributed by atoms with Crippen LogP contribution in [0.25, 0.3) is 15.9 Å². The highest BCUT2D eigenvalue weighted by atomic mass is 32.1. The molecule has 3 heterocycles. The molecule has 1 aromatic carbocycles. The summed E-state index contributed by atoms with van der Waals surface area (Å²) >= 11 is 1.48. The summed E-state index contributed by atoms with van der Waals surface area (Å²) in [6.07, 6.45) is 0. The molecule has 1 N–H and O–H groups in total. The summed E-state index contributed by atoms with van der Waals surface area (Å²) in [6, 6.07) is 7.56. The van der Waals surface area contributed by atoms with Gasteiger partial charge in [-0.15, -0.1) is 16.4 Å². The molecule has 0 aliphatic heterocycles. The van der Waals surface area contributed by atoms with Crippen molar-refractivity contribution in [3.8, 4) is 0 Å². The molecule has 0 aliphatic rings. The van der Waals surface area contributed by atoms with Crippen molar-refractivity contribution in [3.63, 3.8) is 0 Å². The van der Waals surface area contributed by atoms with Crippen molar-refractivity contribution in [2.75, 3.05) is 5.32 Å². The van der Waals surface area contributed by atoms with E-state index in [0.717, 1.165) is 21.6 Å². The number of aromatic nitrogens is 3. The number of nitrogens with one attached hydrogen (secondary N) is 1. The number of carbonyl (C=O) groups excluding carboxylic acids is 1. The number of aryl methyl sites for hydroxylation is 2. The van der Waals surface area contributed by atoms with Gasteiger partial charge in [0.1, 0.15) is 5.58 Å². The van der Waals surface area contributed by atoms with Gasteiger partial charge < -0.3 is 4.42 Å². The Hall–Kier alpha value is -2.67. The van der Waals surface area contributed by atoms with Gasteiger partial charge in [0.25, 0.3) is 11.9 Å². The van der Waals surface area contributed by atoms with Crippen LogP contribution in [0, 0.1) is 13.8 Å². The molecule has 0 aliphatic carbocycles. The molecule has 0 radical (unpaired) electrons. The Bertz CT molecular complexity index is 1010. The van der Waals surface area contributed by atoms with Gasteiger partial charge in [0.15, 0.2) is 5.76 Å². The first-order valence-corrected chi connectivity index (χ1v) is 7.62. The second-order valence-electron chi connectivity index (χ2n) is 5.01. The van der Waals surface area contributed by atoms with Crippen LogP contribution in [0.5, 0.6) is 0 Å². The van der Waals surface area contributed by atoms with E-state index in [1.807, 2.05) is 43.5 Å². The van der Waals surface area contributed by atoms with Crippen LogP contribution < -0.4 is 5.32 Å². The molecule has 0 bridgehead atoms. The Morgan fingerprint density at radius 3 is 2.91 bits per heavy atom. The normalized spacial score (nSPS) is 11.4. The van der Waals surface area contributed by atoms with E-state index in [-0.39, 0.29) is 17.6 Å². The number of furan rings is 1. The van der Waals surface area contributed by atoms with Gasteiger partial charge in [-0.3, -0.25) is 10.1 Å². The van der Waals surface area contributed by atoms with E-state index in [2.05, 4.69) is 15.4 Å². The monoisotopic (exact) mass is 312 g/mol. The maximum absolute atomic E-state index is 12.4. The minimum absolute atomic E-state index is 0.278. The first-order chi connectivity index (χ1) is 10.6. The van der Waals surface area contributed by atoms with Gasteiger partial charge in [-0.1, -0.05) is 18.2 Å². The highest BCUT2D eigenvalue weighted by Gasteiger charge is 2.19. The number of rotatable bonds is 2. The van der Waals surface area contributed by atoms with Crippen LogP contribution in [-0.4, -0.2) is 20.5 Å². The number of amides is 1. The number of hydrogen-bond acceptors (Lipinski definition) is 5. The van der Waals surface area contributed by atoms with Crippen LogP contribution in [0.15, 0.2) is 34.1 Å². The lowest BCUT2D eigenvalue weighted by Crippen LogP contribution is -2.13. The maximum atomic E-state index is 12.4. The van der Waals surface area contributed by atoms with Gasteiger partial charge in [0.2, 0.25) is 4.96 Å². The predicted molar refractivity (Wildman–Crippen MR) is 84.5 cm³/mol. The number of thiazole rings is 1. The SMILES string of the molecule is Cc1c(C(=O)Nc2nc3scc(C)n3n2)oc2ccccc12. The van der Waals surface area contributed by atoms with E-state index in [1.54, 1.807) is 4.52 Å². The van der Waals surface area contributed by atoms with Crippen molar-refractivity contribution in [2.24, 2.45) is 0 Å². The molecule has 7 heteroatoms. The molecule has 110 valence electrons. The molecule has 4 rings (SSSR count). The van der Waals surface area contributed by atoms with Crippen LogP contribution in [0.2, 0.25) is 0 Å². The molecule has 0 unspecified atom stereocenters. The third-order valence-electron chi connectivity index (χ3n) is 3.52. The Balaban J connectivity index is 1.69. The largest absolute Gasteiger partial charge is 0.451 e. The number of nitrogens with zero attached hydrogens (tertiary/aromatic N) is 3. The number of para-hydroxylation sites is 1. The van der Waals surface area contributed by atoms with Gasteiger partial charge in [-0.2, -0.15) is 4.98 Å². The molecule has 0 saturated carbocycles. The van der Waals surface area contributed by atoms with Gasteiger partial charge in [0.05, 0.1) is 5.69 Å². The highest BCUT2D eigenvalue weighted by molar-refractivity contribution is 7.15. The Morgan fingerprint density at radius 2 is 2.14 bits per heavy atom. The van der Waals surface area contributed by atoms with Crippen molar-refractivity contribution >= 4 is 39.1 Å². The Morgan fingerprint density at radius 1 is 1.32 bits per heavy atom. The first kappa shape index (κ1) is 13.0. The third kappa shape index (κ3) is 1.90. The summed E-state index contributed by atoms with van der Waals surface area (Å²) < 4.78 is 7.34. The van der Waals surface area contributed by atoms with Crippen molar-refractivity contribution < 1.29 is 9.21 Å². The molecular weight excluding hydrogens is 300 g/mol. The van der Waals surface area contributed by atoms with Crippen LogP contribution >= 0.6 is 11.3 Å². The number of fused-ring (bicyclic) bond motifs is 2. The Labute approximate surface area is 129 Å². The van der Waals surface area contributed by atoms with E-state index < -0.39 is 0 Å². The quantitative estimate of drug-likeness (QED) is 0.615. The second kappa shape index (κ2) is 4.67. The number of anilines is 1. The fraction of sp³-hybridized carbons (Fsp3) is 0.133. The second-order valence-corrected chi connectivity index (χ2v) is 5.85. The average Bonchev–Trinajstić information content (AvgIpc) is 3.15. The highest BCUT2D eigenvalue weighted by Crippen LogP contribution is 2.25. The first-order valence-electron chi connectivity index (χ1n) is 6.74. The van der Waals surface area contributed by atoms with Gasteiger partial charge >= 0.3 is 0 Å².